The summed E-state index contributed by atoms with van der Waals surface area (Å²) in [5.74, 6) is 0.917. The number of carbonyl (C=O) groups is 1. The summed E-state index contributed by atoms with van der Waals surface area (Å²) < 4.78 is 5.10. The van der Waals surface area contributed by atoms with Crippen LogP contribution in [0, 0.1) is 5.92 Å². The van der Waals surface area contributed by atoms with E-state index in [0.717, 1.165) is 39.0 Å². The molecule has 4 rings (SSSR count). The Morgan fingerprint density at radius 2 is 1.95 bits per heavy atom. The number of carbonyl (C=O) groups excluding carboxylic acids is 1. The molecular weight excluding hydrogens is 264 g/mol. The van der Waals surface area contributed by atoms with Crippen LogP contribution in [0.1, 0.15) is 18.4 Å². The number of anilines is 1. The maximum absolute atomic E-state index is 12.0. The van der Waals surface area contributed by atoms with E-state index in [4.69, 9.17) is 4.74 Å². The highest BCUT2D eigenvalue weighted by Crippen LogP contribution is 2.30. The van der Waals surface area contributed by atoms with Crippen molar-refractivity contribution in [1.82, 2.24) is 4.90 Å². The third-order valence-electron chi connectivity index (χ3n) is 5.00. The zero-order valence-electron chi connectivity index (χ0n) is 12.3. The highest BCUT2D eigenvalue weighted by molar-refractivity contribution is 5.83. The molecule has 2 fully saturated rings. The highest BCUT2D eigenvalue weighted by atomic mass is 16.6. The fourth-order valence-electron chi connectivity index (χ4n) is 3.64. The minimum atomic E-state index is -0.119. The van der Waals surface area contributed by atoms with E-state index in [2.05, 4.69) is 29.2 Å². The summed E-state index contributed by atoms with van der Waals surface area (Å²) in [5.41, 5.74) is 2.90. The Balaban J connectivity index is 1.32. The summed E-state index contributed by atoms with van der Waals surface area (Å²) >= 11 is 0. The van der Waals surface area contributed by atoms with Crippen molar-refractivity contribution in [2.45, 2.75) is 25.4 Å². The van der Waals surface area contributed by atoms with Crippen LogP contribution in [0.3, 0.4) is 0 Å². The molecule has 3 heterocycles. The van der Waals surface area contributed by atoms with Crippen LogP contribution in [-0.2, 0) is 16.0 Å². The Labute approximate surface area is 125 Å². The molecule has 21 heavy (non-hydrogen) atoms. The lowest BCUT2D eigenvalue weighted by Gasteiger charge is -2.34. The van der Waals surface area contributed by atoms with Crippen molar-refractivity contribution in [2.75, 3.05) is 37.7 Å². The van der Waals surface area contributed by atoms with Gasteiger partial charge in [0.05, 0.1) is 6.61 Å². The second-order valence-corrected chi connectivity index (χ2v) is 6.42. The first-order valence-electron chi connectivity index (χ1n) is 8.04. The van der Waals surface area contributed by atoms with Gasteiger partial charge in [0.1, 0.15) is 0 Å². The number of rotatable bonds is 3. The molecule has 0 N–H and O–H groups in total. The Morgan fingerprint density at radius 3 is 2.71 bits per heavy atom. The van der Waals surface area contributed by atoms with Crippen LogP contribution in [0.2, 0.25) is 0 Å². The van der Waals surface area contributed by atoms with Crippen LogP contribution in [0.25, 0.3) is 0 Å². The molecule has 4 heteroatoms. The van der Waals surface area contributed by atoms with Crippen molar-refractivity contribution >= 4 is 11.6 Å². The molecule has 0 spiro atoms. The highest BCUT2D eigenvalue weighted by Gasteiger charge is 2.36. The van der Waals surface area contributed by atoms with E-state index in [1.54, 1.807) is 0 Å². The summed E-state index contributed by atoms with van der Waals surface area (Å²) in [4.78, 5) is 16.5. The quantitative estimate of drug-likeness (QED) is 0.793. The van der Waals surface area contributed by atoms with E-state index < -0.39 is 0 Å². The van der Waals surface area contributed by atoms with Crippen molar-refractivity contribution in [2.24, 2.45) is 5.92 Å². The molecule has 1 aromatic rings. The van der Waals surface area contributed by atoms with Crippen LogP contribution in [0.4, 0.5) is 5.69 Å². The smallest absolute Gasteiger partial charge is 0.254 e. The Bertz CT molecular complexity index is 533. The van der Waals surface area contributed by atoms with Crippen LogP contribution < -0.4 is 4.90 Å². The molecule has 3 aliphatic heterocycles. The Hall–Kier alpha value is -1.55. The number of nitrogens with zero attached hydrogens (tertiary/aromatic N) is 2. The largest absolute Gasteiger partial charge is 0.371 e. The fraction of sp³-hybridized carbons (Fsp3) is 0.588. The summed E-state index contributed by atoms with van der Waals surface area (Å²) in [5, 5.41) is 0. The second-order valence-electron chi connectivity index (χ2n) is 6.42. The number of fused-ring (bicyclic) bond motifs is 1. The molecule has 1 aromatic carbocycles. The van der Waals surface area contributed by atoms with Gasteiger partial charge < -0.3 is 14.5 Å². The third kappa shape index (κ3) is 2.64. The summed E-state index contributed by atoms with van der Waals surface area (Å²) in [6.07, 6.45) is 3.30. The van der Waals surface area contributed by atoms with Crippen LogP contribution in [-0.4, -0.2) is 49.7 Å². The Kier molecular flexibility index (Phi) is 3.34. The second kappa shape index (κ2) is 5.34. The molecule has 4 nitrogen and oxygen atoms in total. The SMILES string of the molecule is O=C(C1CO1)N1CCC(CN2CCc3ccccc32)CC1. The number of epoxide rings is 1. The van der Waals surface area contributed by atoms with Crippen molar-refractivity contribution < 1.29 is 9.53 Å². The lowest BCUT2D eigenvalue weighted by atomic mass is 9.96. The first-order valence-corrected chi connectivity index (χ1v) is 8.04. The number of amides is 1. The van der Waals surface area contributed by atoms with Gasteiger partial charge in [-0.3, -0.25) is 4.79 Å². The first-order chi connectivity index (χ1) is 10.3. The summed E-state index contributed by atoms with van der Waals surface area (Å²) in [7, 11) is 0. The van der Waals surface area contributed by atoms with E-state index in [0.29, 0.717) is 12.5 Å². The van der Waals surface area contributed by atoms with Crippen molar-refractivity contribution in [3.05, 3.63) is 29.8 Å². The molecule has 0 radical (unpaired) electrons. The molecule has 2 saturated heterocycles. The topological polar surface area (TPSA) is 36.1 Å². The minimum Gasteiger partial charge on any atom is -0.371 e. The zero-order valence-corrected chi connectivity index (χ0v) is 12.3. The van der Waals surface area contributed by atoms with Gasteiger partial charge in [-0.25, -0.2) is 0 Å². The number of likely N-dealkylation sites (tertiary alicyclic amines) is 1. The number of hydrogen-bond acceptors (Lipinski definition) is 3. The van der Waals surface area contributed by atoms with Crippen molar-refractivity contribution in [3.8, 4) is 0 Å². The molecule has 1 unspecified atom stereocenters. The molecule has 1 atom stereocenters. The van der Waals surface area contributed by atoms with Gasteiger partial charge in [0.25, 0.3) is 5.91 Å². The van der Waals surface area contributed by atoms with Gasteiger partial charge in [-0.2, -0.15) is 0 Å². The van der Waals surface area contributed by atoms with Gasteiger partial charge in [0, 0.05) is 31.9 Å². The van der Waals surface area contributed by atoms with Gasteiger partial charge in [-0.05, 0) is 36.8 Å². The minimum absolute atomic E-state index is 0.119. The van der Waals surface area contributed by atoms with Gasteiger partial charge in [0.15, 0.2) is 6.10 Å². The lowest BCUT2D eigenvalue weighted by molar-refractivity contribution is -0.133. The zero-order chi connectivity index (χ0) is 14.2. The summed E-state index contributed by atoms with van der Waals surface area (Å²) in [6, 6.07) is 8.75. The molecule has 112 valence electrons. The number of para-hydroxylation sites is 1. The maximum Gasteiger partial charge on any atom is 0.254 e. The van der Waals surface area contributed by atoms with Gasteiger partial charge in [0.2, 0.25) is 0 Å². The number of benzene rings is 1. The van der Waals surface area contributed by atoms with E-state index in [-0.39, 0.29) is 12.0 Å². The molecule has 0 aromatic heterocycles. The number of piperidine rings is 1. The van der Waals surface area contributed by atoms with E-state index >= 15 is 0 Å². The van der Waals surface area contributed by atoms with E-state index in [9.17, 15) is 4.79 Å². The number of hydrogen-bond donors (Lipinski definition) is 0. The lowest BCUT2D eigenvalue weighted by Crippen LogP contribution is -2.43. The average molecular weight is 286 g/mol. The van der Waals surface area contributed by atoms with E-state index in [1.807, 2.05) is 4.90 Å². The maximum atomic E-state index is 12.0. The predicted octanol–water partition coefficient (Wildman–Crippen LogP) is 1.69. The van der Waals surface area contributed by atoms with E-state index in [1.165, 1.54) is 17.7 Å². The number of ether oxygens (including phenoxy) is 1. The molecule has 1 amide bonds. The standard InChI is InChI=1S/C17H22N2O2/c20-17(16-12-21-16)18-8-5-13(6-9-18)11-19-10-7-14-3-1-2-4-15(14)19/h1-4,13,16H,5-12H2. The molecule has 3 aliphatic rings. The predicted molar refractivity (Wildman–Crippen MR) is 81.4 cm³/mol. The molecule has 0 aliphatic carbocycles. The fourth-order valence-corrected chi connectivity index (χ4v) is 3.64. The van der Waals surface area contributed by atoms with Crippen LogP contribution in [0.5, 0.6) is 0 Å². The van der Waals surface area contributed by atoms with Gasteiger partial charge >= 0.3 is 0 Å². The van der Waals surface area contributed by atoms with Crippen molar-refractivity contribution in [3.63, 3.8) is 0 Å². The van der Waals surface area contributed by atoms with Crippen LogP contribution in [0.15, 0.2) is 24.3 Å². The first kappa shape index (κ1) is 13.1. The normalized spacial score (nSPS) is 25.0. The Morgan fingerprint density at radius 1 is 1.19 bits per heavy atom. The van der Waals surface area contributed by atoms with Gasteiger partial charge in [-0.15, -0.1) is 0 Å². The summed E-state index contributed by atoms with van der Waals surface area (Å²) in [6.45, 7) is 4.72. The van der Waals surface area contributed by atoms with Crippen LogP contribution >= 0.6 is 0 Å². The molecular formula is C17H22N2O2. The monoisotopic (exact) mass is 286 g/mol. The van der Waals surface area contributed by atoms with Gasteiger partial charge in [-0.1, -0.05) is 18.2 Å². The molecule has 0 saturated carbocycles. The molecule has 0 bridgehead atoms. The average Bonchev–Trinajstić information content (AvgIpc) is 3.30. The third-order valence-corrected chi connectivity index (χ3v) is 5.00. The van der Waals surface area contributed by atoms with Crippen molar-refractivity contribution in [1.29, 1.82) is 0 Å².